The van der Waals surface area contributed by atoms with Crippen LogP contribution in [0.2, 0.25) is 10.0 Å². The van der Waals surface area contributed by atoms with E-state index in [0.29, 0.717) is 36.1 Å². The van der Waals surface area contributed by atoms with Crippen molar-refractivity contribution in [2.45, 2.75) is 24.9 Å². The highest BCUT2D eigenvalue weighted by Gasteiger charge is 2.29. The third kappa shape index (κ3) is 4.35. The van der Waals surface area contributed by atoms with Crippen LogP contribution < -0.4 is 5.32 Å². The van der Waals surface area contributed by atoms with Crippen LogP contribution in [0, 0.1) is 0 Å². The number of hydrogen-bond donors (Lipinski definition) is 2. The molecule has 1 fully saturated rings. The Kier molecular flexibility index (Phi) is 5.27. The van der Waals surface area contributed by atoms with E-state index < -0.39 is 5.60 Å². The standard InChI is InChI=1S/C14H17Cl2NO3/c15-11-2-1-10(7-12(11)16)8-13(18)17-9-14(19)3-5-20-6-4-14/h1-2,7,19H,3-6,8-9H2,(H,17,18). The van der Waals surface area contributed by atoms with Crippen molar-refractivity contribution in [1.29, 1.82) is 0 Å². The van der Waals surface area contributed by atoms with Gasteiger partial charge in [0.2, 0.25) is 5.91 Å². The zero-order valence-corrected chi connectivity index (χ0v) is 12.5. The van der Waals surface area contributed by atoms with Crippen LogP contribution in [0.25, 0.3) is 0 Å². The van der Waals surface area contributed by atoms with E-state index in [-0.39, 0.29) is 18.9 Å². The van der Waals surface area contributed by atoms with Gasteiger partial charge in [-0.2, -0.15) is 0 Å². The number of amides is 1. The van der Waals surface area contributed by atoms with Crippen molar-refractivity contribution in [3.05, 3.63) is 33.8 Å². The van der Waals surface area contributed by atoms with E-state index in [9.17, 15) is 9.90 Å². The van der Waals surface area contributed by atoms with Crippen LogP contribution in [0.15, 0.2) is 18.2 Å². The van der Waals surface area contributed by atoms with Gasteiger partial charge in [-0.3, -0.25) is 4.79 Å². The van der Waals surface area contributed by atoms with Gasteiger partial charge >= 0.3 is 0 Å². The summed E-state index contributed by atoms with van der Waals surface area (Å²) in [4.78, 5) is 11.9. The molecule has 0 aromatic heterocycles. The Morgan fingerprint density at radius 1 is 1.30 bits per heavy atom. The molecule has 110 valence electrons. The van der Waals surface area contributed by atoms with Gasteiger partial charge < -0.3 is 15.2 Å². The number of carbonyl (C=O) groups is 1. The summed E-state index contributed by atoms with van der Waals surface area (Å²) in [5.74, 6) is -0.150. The van der Waals surface area contributed by atoms with E-state index in [1.807, 2.05) is 0 Å². The Bertz CT molecular complexity index is 487. The molecule has 1 aliphatic rings. The van der Waals surface area contributed by atoms with E-state index >= 15 is 0 Å². The van der Waals surface area contributed by atoms with E-state index in [2.05, 4.69) is 5.32 Å². The number of hydrogen-bond acceptors (Lipinski definition) is 3. The summed E-state index contributed by atoms with van der Waals surface area (Å²) in [7, 11) is 0. The maximum atomic E-state index is 11.9. The fourth-order valence-electron chi connectivity index (χ4n) is 2.09. The highest BCUT2D eigenvalue weighted by Crippen LogP contribution is 2.23. The van der Waals surface area contributed by atoms with Gasteiger partial charge in [-0.1, -0.05) is 29.3 Å². The fraction of sp³-hybridized carbons (Fsp3) is 0.500. The molecule has 0 saturated carbocycles. The molecular weight excluding hydrogens is 301 g/mol. The van der Waals surface area contributed by atoms with Gasteiger partial charge in [-0.15, -0.1) is 0 Å². The van der Waals surface area contributed by atoms with Crippen LogP contribution in [0.1, 0.15) is 18.4 Å². The maximum absolute atomic E-state index is 11.9. The van der Waals surface area contributed by atoms with Crippen LogP contribution in [-0.4, -0.2) is 36.4 Å². The van der Waals surface area contributed by atoms with Crippen LogP contribution in [0.5, 0.6) is 0 Å². The van der Waals surface area contributed by atoms with Gasteiger partial charge in [0.1, 0.15) is 0 Å². The van der Waals surface area contributed by atoms with Gasteiger partial charge in [0.15, 0.2) is 0 Å². The molecule has 0 radical (unpaired) electrons. The van der Waals surface area contributed by atoms with Crippen molar-refractivity contribution in [3.8, 4) is 0 Å². The molecule has 1 saturated heterocycles. The second kappa shape index (κ2) is 6.76. The lowest BCUT2D eigenvalue weighted by Gasteiger charge is -2.32. The van der Waals surface area contributed by atoms with Crippen LogP contribution in [0.3, 0.4) is 0 Å². The van der Waals surface area contributed by atoms with Gasteiger partial charge in [0.25, 0.3) is 0 Å². The Morgan fingerprint density at radius 2 is 2.00 bits per heavy atom. The summed E-state index contributed by atoms with van der Waals surface area (Å²) in [6.45, 7) is 1.30. The smallest absolute Gasteiger partial charge is 0.224 e. The Labute approximate surface area is 128 Å². The zero-order chi connectivity index (χ0) is 14.6. The second-order valence-electron chi connectivity index (χ2n) is 5.04. The van der Waals surface area contributed by atoms with Gasteiger partial charge in [-0.05, 0) is 17.7 Å². The highest BCUT2D eigenvalue weighted by atomic mass is 35.5. The Hall–Kier alpha value is -0.810. The molecule has 1 heterocycles. The van der Waals surface area contributed by atoms with Gasteiger partial charge in [0.05, 0.1) is 22.1 Å². The Balaban J connectivity index is 1.84. The first kappa shape index (κ1) is 15.6. The third-order valence-electron chi connectivity index (χ3n) is 3.39. The van der Waals surface area contributed by atoms with Crippen molar-refractivity contribution in [2.24, 2.45) is 0 Å². The summed E-state index contributed by atoms with van der Waals surface area (Å²) in [6.07, 6.45) is 1.30. The predicted molar refractivity (Wildman–Crippen MR) is 78.2 cm³/mol. The number of aliphatic hydroxyl groups is 1. The average molecular weight is 318 g/mol. The van der Waals surface area contributed by atoms with E-state index in [4.69, 9.17) is 27.9 Å². The van der Waals surface area contributed by atoms with Crippen molar-refractivity contribution >= 4 is 29.1 Å². The summed E-state index contributed by atoms with van der Waals surface area (Å²) >= 11 is 11.7. The molecule has 1 aromatic rings. The minimum Gasteiger partial charge on any atom is -0.388 e. The molecule has 4 nitrogen and oxygen atoms in total. The molecule has 0 spiro atoms. The lowest BCUT2D eigenvalue weighted by molar-refractivity contribution is -0.123. The fourth-order valence-corrected chi connectivity index (χ4v) is 2.41. The number of halogens is 2. The van der Waals surface area contributed by atoms with Gasteiger partial charge in [-0.25, -0.2) is 0 Å². The largest absolute Gasteiger partial charge is 0.388 e. The molecule has 0 bridgehead atoms. The number of rotatable bonds is 4. The third-order valence-corrected chi connectivity index (χ3v) is 4.13. The molecule has 1 amide bonds. The molecule has 0 atom stereocenters. The van der Waals surface area contributed by atoms with Crippen molar-refractivity contribution in [1.82, 2.24) is 5.32 Å². The number of carbonyl (C=O) groups excluding carboxylic acids is 1. The molecule has 6 heteroatoms. The zero-order valence-electron chi connectivity index (χ0n) is 11.0. The summed E-state index contributed by atoms with van der Waals surface area (Å²) in [5, 5.41) is 13.9. The molecule has 20 heavy (non-hydrogen) atoms. The summed E-state index contributed by atoms with van der Waals surface area (Å²) < 4.78 is 5.19. The molecule has 1 aliphatic heterocycles. The minimum absolute atomic E-state index is 0.150. The minimum atomic E-state index is -0.856. The van der Waals surface area contributed by atoms with Crippen LogP contribution in [0.4, 0.5) is 0 Å². The van der Waals surface area contributed by atoms with E-state index in [0.717, 1.165) is 5.56 Å². The highest BCUT2D eigenvalue weighted by molar-refractivity contribution is 6.42. The maximum Gasteiger partial charge on any atom is 0.224 e. The quantitative estimate of drug-likeness (QED) is 0.895. The first-order chi connectivity index (χ1) is 9.48. The number of benzene rings is 1. The molecule has 2 N–H and O–H groups in total. The van der Waals surface area contributed by atoms with Crippen LogP contribution >= 0.6 is 23.2 Å². The van der Waals surface area contributed by atoms with E-state index in [1.54, 1.807) is 18.2 Å². The average Bonchev–Trinajstić information content (AvgIpc) is 2.42. The van der Waals surface area contributed by atoms with E-state index in [1.165, 1.54) is 0 Å². The molecule has 1 aromatic carbocycles. The SMILES string of the molecule is O=C(Cc1ccc(Cl)c(Cl)c1)NCC1(O)CCOCC1. The monoisotopic (exact) mass is 317 g/mol. The number of ether oxygens (including phenoxy) is 1. The molecule has 0 aliphatic carbocycles. The normalized spacial score (nSPS) is 17.8. The summed E-state index contributed by atoms with van der Waals surface area (Å²) in [6, 6.07) is 5.10. The molecule has 0 unspecified atom stereocenters. The second-order valence-corrected chi connectivity index (χ2v) is 5.85. The molecular formula is C14H17Cl2NO3. The Morgan fingerprint density at radius 3 is 2.65 bits per heavy atom. The first-order valence-corrected chi connectivity index (χ1v) is 7.25. The van der Waals surface area contributed by atoms with Crippen molar-refractivity contribution < 1.29 is 14.6 Å². The number of nitrogens with one attached hydrogen (secondary N) is 1. The predicted octanol–water partition coefficient (Wildman–Crippen LogP) is 2.19. The topological polar surface area (TPSA) is 58.6 Å². The lowest BCUT2D eigenvalue weighted by atomic mass is 9.94. The van der Waals surface area contributed by atoms with Crippen LogP contribution in [-0.2, 0) is 16.0 Å². The lowest BCUT2D eigenvalue weighted by Crippen LogP contribution is -2.46. The van der Waals surface area contributed by atoms with Crippen molar-refractivity contribution in [2.75, 3.05) is 19.8 Å². The molecule has 2 rings (SSSR count). The summed E-state index contributed by atoms with van der Waals surface area (Å²) in [5.41, 5.74) is -0.0678. The van der Waals surface area contributed by atoms with Gasteiger partial charge in [0, 0.05) is 32.6 Å². The first-order valence-electron chi connectivity index (χ1n) is 6.49. The van der Waals surface area contributed by atoms with Crippen molar-refractivity contribution in [3.63, 3.8) is 0 Å².